The number of aromatic amines is 1. The minimum atomic E-state index is 0.151. The van der Waals surface area contributed by atoms with Gasteiger partial charge in [0.05, 0.1) is 0 Å². The van der Waals surface area contributed by atoms with Gasteiger partial charge in [0.15, 0.2) is 0 Å². The van der Waals surface area contributed by atoms with Crippen molar-refractivity contribution >= 4 is 16.9 Å². The van der Waals surface area contributed by atoms with Gasteiger partial charge in [0.2, 0.25) is 0 Å². The predicted molar refractivity (Wildman–Crippen MR) is 89.2 cm³/mol. The number of piperidine rings is 1. The van der Waals surface area contributed by atoms with Crippen LogP contribution in [0.2, 0.25) is 0 Å². The van der Waals surface area contributed by atoms with Crippen LogP contribution in [0.5, 0.6) is 0 Å². The van der Waals surface area contributed by atoms with Crippen LogP contribution >= 0.6 is 0 Å². The van der Waals surface area contributed by atoms with Crippen molar-refractivity contribution in [1.29, 1.82) is 0 Å². The Balaban J connectivity index is 1.55. The maximum Gasteiger partial charge on any atom is 0.253 e. The Hall–Kier alpha value is -1.91. The van der Waals surface area contributed by atoms with Crippen LogP contribution in [0.25, 0.3) is 11.0 Å². The number of carbonyl (C=O) groups excluding carboxylic acids is 1. The summed E-state index contributed by atoms with van der Waals surface area (Å²) in [6, 6.07) is 5.61. The molecule has 0 radical (unpaired) electrons. The number of amides is 1. The predicted octanol–water partition coefficient (Wildman–Crippen LogP) is 3.53. The van der Waals surface area contributed by atoms with E-state index in [1.807, 2.05) is 18.2 Å². The molecule has 1 aliphatic heterocycles. The van der Waals surface area contributed by atoms with Crippen LogP contribution in [0.4, 0.5) is 0 Å². The molecule has 122 valence electrons. The number of carbonyl (C=O) groups is 1. The monoisotopic (exact) mass is 312 g/mol. The van der Waals surface area contributed by atoms with Gasteiger partial charge in [-0.15, -0.1) is 0 Å². The van der Waals surface area contributed by atoms with Gasteiger partial charge in [0.1, 0.15) is 11.0 Å². The molecule has 4 rings (SSSR count). The molecule has 2 aromatic rings. The van der Waals surface area contributed by atoms with Gasteiger partial charge in [0.25, 0.3) is 5.91 Å². The SMILES string of the molecule is O=C(c1ccc2n[nH]nc2c1)N1CCCC2(CCCCCC2)C1. The van der Waals surface area contributed by atoms with Crippen molar-refractivity contribution in [3.63, 3.8) is 0 Å². The van der Waals surface area contributed by atoms with Crippen LogP contribution in [-0.2, 0) is 0 Å². The normalized spacial score (nSPS) is 21.5. The van der Waals surface area contributed by atoms with Crippen molar-refractivity contribution in [3.8, 4) is 0 Å². The second-order valence-electron chi connectivity index (χ2n) is 7.27. The van der Waals surface area contributed by atoms with Crippen molar-refractivity contribution in [2.24, 2.45) is 5.41 Å². The molecule has 1 amide bonds. The standard InChI is InChI=1S/C18H24N4O/c23-17(14-6-7-15-16(12-14)20-21-19-15)22-11-5-10-18(13-22)8-3-1-2-4-9-18/h6-7,12H,1-5,8-11,13H2,(H,19,20,21). The zero-order valence-corrected chi connectivity index (χ0v) is 13.6. The summed E-state index contributed by atoms with van der Waals surface area (Å²) < 4.78 is 0. The first-order chi connectivity index (χ1) is 11.3. The number of fused-ring (bicyclic) bond motifs is 1. The molecule has 5 nitrogen and oxygen atoms in total. The lowest BCUT2D eigenvalue weighted by molar-refractivity contribution is 0.0465. The van der Waals surface area contributed by atoms with E-state index in [0.29, 0.717) is 5.41 Å². The molecule has 1 saturated carbocycles. The van der Waals surface area contributed by atoms with E-state index < -0.39 is 0 Å². The topological polar surface area (TPSA) is 61.9 Å². The van der Waals surface area contributed by atoms with Gasteiger partial charge in [-0.3, -0.25) is 4.79 Å². The average Bonchev–Trinajstić information content (AvgIpc) is 2.94. The molecule has 0 bridgehead atoms. The molecule has 1 N–H and O–H groups in total. The van der Waals surface area contributed by atoms with Crippen LogP contribution in [0.1, 0.15) is 61.7 Å². The Bertz CT molecular complexity index is 700. The smallest absolute Gasteiger partial charge is 0.253 e. The summed E-state index contributed by atoms with van der Waals surface area (Å²) >= 11 is 0. The summed E-state index contributed by atoms with van der Waals surface area (Å²) in [5.74, 6) is 0.151. The first kappa shape index (κ1) is 14.7. The molecule has 2 fully saturated rings. The minimum absolute atomic E-state index is 0.151. The molecule has 1 aromatic carbocycles. The minimum Gasteiger partial charge on any atom is -0.338 e. The fourth-order valence-corrected chi connectivity index (χ4v) is 4.42. The summed E-state index contributed by atoms with van der Waals surface area (Å²) in [4.78, 5) is 15.0. The summed E-state index contributed by atoms with van der Waals surface area (Å²) in [6.45, 7) is 1.82. The van der Waals surface area contributed by atoms with E-state index in [2.05, 4.69) is 20.3 Å². The number of benzene rings is 1. The van der Waals surface area contributed by atoms with E-state index in [1.54, 1.807) is 0 Å². The quantitative estimate of drug-likeness (QED) is 0.876. The van der Waals surface area contributed by atoms with Gasteiger partial charge in [-0.2, -0.15) is 15.4 Å². The number of nitrogens with zero attached hydrogens (tertiary/aromatic N) is 3. The molecule has 2 aliphatic rings. The van der Waals surface area contributed by atoms with Gasteiger partial charge in [-0.05, 0) is 49.3 Å². The highest BCUT2D eigenvalue weighted by Gasteiger charge is 2.37. The largest absolute Gasteiger partial charge is 0.338 e. The molecule has 1 saturated heterocycles. The van der Waals surface area contributed by atoms with Crippen molar-refractivity contribution in [2.45, 2.75) is 51.4 Å². The lowest BCUT2D eigenvalue weighted by atomic mass is 9.74. The van der Waals surface area contributed by atoms with E-state index >= 15 is 0 Å². The highest BCUT2D eigenvalue weighted by atomic mass is 16.2. The van der Waals surface area contributed by atoms with Crippen molar-refractivity contribution < 1.29 is 4.79 Å². The maximum atomic E-state index is 12.9. The van der Waals surface area contributed by atoms with Crippen molar-refractivity contribution in [2.75, 3.05) is 13.1 Å². The van der Waals surface area contributed by atoms with Gasteiger partial charge in [0, 0.05) is 18.7 Å². The number of hydrogen-bond acceptors (Lipinski definition) is 3. The first-order valence-corrected chi connectivity index (χ1v) is 8.86. The Morgan fingerprint density at radius 1 is 1.00 bits per heavy atom. The fourth-order valence-electron chi connectivity index (χ4n) is 4.42. The van der Waals surface area contributed by atoms with Crippen molar-refractivity contribution in [1.82, 2.24) is 20.3 Å². The highest BCUT2D eigenvalue weighted by Crippen LogP contribution is 2.42. The Morgan fingerprint density at radius 2 is 1.74 bits per heavy atom. The molecule has 0 atom stereocenters. The van der Waals surface area contributed by atoms with Crippen LogP contribution in [0.3, 0.4) is 0 Å². The molecule has 1 aliphatic carbocycles. The third kappa shape index (κ3) is 2.84. The molecule has 1 aromatic heterocycles. The van der Waals surface area contributed by atoms with Crippen LogP contribution < -0.4 is 0 Å². The summed E-state index contributed by atoms with van der Waals surface area (Å²) in [5, 5.41) is 10.8. The Morgan fingerprint density at radius 3 is 2.57 bits per heavy atom. The van der Waals surface area contributed by atoms with Crippen LogP contribution in [-0.4, -0.2) is 39.3 Å². The zero-order valence-electron chi connectivity index (χ0n) is 13.6. The van der Waals surface area contributed by atoms with E-state index in [9.17, 15) is 4.79 Å². The third-order valence-electron chi connectivity index (χ3n) is 5.68. The number of hydrogen-bond donors (Lipinski definition) is 1. The maximum absolute atomic E-state index is 12.9. The third-order valence-corrected chi connectivity index (χ3v) is 5.68. The summed E-state index contributed by atoms with van der Waals surface area (Å²) in [5.41, 5.74) is 2.68. The summed E-state index contributed by atoms with van der Waals surface area (Å²) in [6.07, 6.45) is 10.4. The lowest BCUT2D eigenvalue weighted by Crippen LogP contribution is -2.46. The second-order valence-corrected chi connectivity index (χ2v) is 7.27. The number of likely N-dealkylation sites (tertiary alicyclic amines) is 1. The number of H-pyrrole nitrogens is 1. The molecule has 1 spiro atoms. The van der Waals surface area contributed by atoms with Crippen molar-refractivity contribution in [3.05, 3.63) is 23.8 Å². The molecule has 2 heterocycles. The van der Waals surface area contributed by atoms with E-state index in [0.717, 1.165) is 36.1 Å². The zero-order chi connectivity index (χ0) is 15.7. The Labute approximate surface area is 136 Å². The molecule has 23 heavy (non-hydrogen) atoms. The number of nitrogens with one attached hydrogen (secondary N) is 1. The van der Waals surface area contributed by atoms with Gasteiger partial charge in [-0.25, -0.2) is 0 Å². The van der Waals surface area contributed by atoms with Crippen LogP contribution in [0.15, 0.2) is 18.2 Å². The van der Waals surface area contributed by atoms with Crippen LogP contribution in [0, 0.1) is 5.41 Å². The van der Waals surface area contributed by atoms with Gasteiger partial charge >= 0.3 is 0 Å². The molecule has 0 unspecified atom stereocenters. The number of rotatable bonds is 1. The van der Waals surface area contributed by atoms with E-state index in [-0.39, 0.29) is 5.91 Å². The first-order valence-electron chi connectivity index (χ1n) is 8.86. The fraction of sp³-hybridized carbons (Fsp3) is 0.611. The van der Waals surface area contributed by atoms with Gasteiger partial charge < -0.3 is 4.90 Å². The highest BCUT2D eigenvalue weighted by molar-refractivity contribution is 5.97. The van der Waals surface area contributed by atoms with E-state index in [4.69, 9.17) is 0 Å². The Kier molecular flexibility index (Phi) is 3.79. The summed E-state index contributed by atoms with van der Waals surface area (Å²) in [7, 11) is 0. The van der Waals surface area contributed by atoms with E-state index in [1.165, 1.54) is 44.9 Å². The molecule has 5 heteroatoms. The average molecular weight is 312 g/mol. The lowest BCUT2D eigenvalue weighted by Gasteiger charge is -2.42. The number of aromatic nitrogens is 3. The van der Waals surface area contributed by atoms with Gasteiger partial charge in [-0.1, -0.05) is 25.7 Å². The molecular weight excluding hydrogens is 288 g/mol. The molecular formula is C18H24N4O. The second kappa shape index (κ2) is 5.95.